The Balaban J connectivity index is 2.59. The lowest BCUT2D eigenvalue weighted by molar-refractivity contribution is -0.137. The minimum atomic E-state index is 0.182. The molecule has 3 nitrogen and oxygen atoms in total. The molecule has 0 aromatic carbocycles. The maximum absolute atomic E-state index is 12.7. The highest BCUT2D eigenvalue weighted by molar-refractivity contribution is 5.79. The monoisotopic (exact) mass is 292 g/mol. The van der Waals surface area contributed by atoms with Gasteiger partial charge in [-0.15, -0.1) is 0 Å². The SMILES string of the molecule is CC(C)CN(CCC#N)C(=O)C1CCC(C(C)(C)C)CC1. The number of hydrogen-bond acceptors (Lipinski definition) is 2. The van der Waals surface area contributed by atoms with Gasteiger partial charge in [-0.3, -0.25) is 4.79 Å². The van der Waals surface area contributed by atoms with Crippen LogP contribution < -0.4 is 0 Å². The predicted octanol–water partition coefficient (Wildman–Crippen LogP) is 4.24. The van der Waals surface area contributed by atoms with Crippen molar-refractivity contribution in [2.45, 2.75) is 66.7 Å². The van der Waals surface area contributed by atoms with Gasteiger partial charge in [0.2, 0.25) is 5.91 Å². The molecule has 1 aliphatic rings. The van der Waals surface area contributed by atoms with Crippen molar-refractivity contribution in [3.63, 3.8) is 0 Å². The smallest absolute Gasteiger partial charge is 0.225 e. The largest absolute Gasteiger partial charge is 0.341 e. The maximum atomic E-state index is 12.7. The summed E-state index contributed by atoms with van der Waals surface area (Å²) in [6, 6.07) is 2.16. The predicted molar refractivity (Wildman–Crippen MR) is 86.6 cm³/mol. The van der Waals surface area contributed by atoms with Crippen molar-refractivity contribution in [3.8, 4) is 6.07 Å². The summed E-state index contributed by atoms with van der Waals surface area (Å²) in [6.45, 7) is 12.5. The van der Waals surface area contributed by atoms with Crippen LogP contribution in [-0.2, 0) is 4.79 Å². The van der Waals surface area contributed by atoms with Gasteiger partial charge in [-0.05, 0) is 42.9 Å². The number of carbonyl (C=O) groups excluding carboxylic acids is 1. The second kappa shape index (κ2) is 7.82. The molecular weight excluding hydrogens is 260 g/mol. The first-order valence-corrected chi connectivity index (χ1v) is 8.41. The molecule has 1 amide bonds. The van der Waals surface area contributed by atoms with E-state index in [1.165, 1.54) is 0 Å². The molecule has 0 aromatic heterocycles. The first-order valence-electron chi connectivity index (χ1n) is 8.41. The Hall–Kier alpha value is -1.04. The van der Waals surface area contributed by atoms with Gasteiger partial charge < -0.3 is 4.90 Å². The molecule has 0 heterocycles. The molecule has 21 heavy (non-hydrogen) atoms. The van der Waals surface area contributed by atoms with Crippen molar-refractivity contribution in [2.24, 2.45) is 23.2 Å². The fourth-order valence-corrected chi connectivity index (χ4v) is 3.38. The number of carbonyl (C=O) groups is 1. The summed E-state index contributed by atoms with van der Waals surface area (Å²) >= 11 is 0. The van der Waals surface area contributed by atoms with Crippen LogP contribution >= 0.6 is 0 Å². The van der Waals surface area contributed by atoms with Crippen LogP contribution in [0.5, 0.6) is 0 Å². The number of rotatable bonds is 5. The normalized spacial score (nSPS) is 22.9. The van der Waals surface area contributed by atoms with E-state index >= 15 is 0 Å². The molecule has 0 radical (unpaired) electrons. The first-order chi connectivity index (χ1) is 9.75. The maximum Gasteiger partial charge on any atom is 0.225 e. The van der Waals surface area contributed by atoms with Crippen molar-refractivity contribution in [3.05, 3.63) is 0 Å². The van der Waals surface area contributed by atoms with Crippen molar-refractivity contribution in [1.82, 2.24) is 4.90 Å². The first kappa shape index (κ1) is 18.0. The van der Waals surface area contributed by atoms with Crippen LogP contribution in [0.4, 0.5) is 0 Å². The van der Waals surface area contributed by atoms with E-state index in [4.69, 9.17) is 5.26 Å². The number of amides is 1. The molecule has 0 aromatic rings. The zero-order chi connectivity index (χ0) is 16.0. The molecule has 1 fully saturated rings. The molecule has 0 N–H and O–H groups in total. The highest BCUT2D eigenvalue weighted by Crippen LogP contribution is 2.40. The fraction of sp³-hybridized carbons (Fsp3) is 0.889. The van der Waals surface area contributed by atoms with Crippen LogP contribution in [0.3, 0.4) is 0 Å². The summed E-state index contributed by atoms with van der Waals surface area (Å²) in [5.41, 5.74) is 0.354. The number of hydrogen-bond donors (Lipinski definition) is 0. The molecular formula is C18H32N2O. The van der Waals surface area contributed by atoms with Crippen LogP contribution in [0.2, 0.25) is 0 Å². The Kier molecular flexibility index (Phi) is 6.71. The summed E-state index contributed by atoms with van der Waals surface area (Å²) in [5.74, 6) is 1.66. The van der Waals surface area contributed by atoms with E-state index in [-0.39, 0.29) is 11.8 Å². The van der Waals surface area contributed by atoms with Crippen molar-refractivity contribution in [2.75, 3.05) is 13.1 Å². The molecule has 0 spiro atoms. The van der Waals surface area contributed by atoms with E-state index in [1.807, 2.05) is 4.90 Å². The van der Waals surface area contributed by atoms with E-state index in [1.54, 1.807) is 0 Å². The Morgan fingerprint density at radius 3 is 2.24 bits per heavy atom. The van der Waals surface area contributed by atoms with Gasteiger partial charge in [-0.2, -0.15) is 5.26 Å². The lowest BCUT2D eigenvalue weighted by atomic mass is 9.69. The molecule has 0 saturated heterocycles. The zero-order valence-electron chi connectivity index (χ0n) is 14.5. The highest BCUT2D eigenvalue weighted by atomic mass is 16.2. The summed E-state index contributed by atoms with van der Waals surface area (Å²) in [6.07, 6.45) is 4.79. The highest BCUT2D eigenvalue weighted by Gasteiger charge is 2.33. The Morgan fingerprint density at radius 2 is 1.81 bits per heavy atom. The van der Waals surface area contributed by atoms with Crippen molar-refractivity contribution >= 4 is 5.91 Å². The third-order valence-corrected chi connectivity index (χ3v) is 4.69. The Morgan fingerprint density at radius 1 is 1.24 bits per heavy atom. The summed E-state index contributed by atoms with van der Waals surface area (Å²) in [4.78, 5) is 14.6. The third kappa shape index (κ3) is 5.69. The average molecular weight is 292 g/mol. The van der Waals surface area contributed by atoms with Gasteiger partial charge in [0, 0.05) is 19.0 Å². The summed E-state index contributed by atoms with van der Waals surface area (Å²) < 4.78 is 0. The van der Waals surface area contributed by atoms with E-state index in [0.717, 1.165) is 38.1 Å². The lowest BCUT2D eigenvalue weighted by Crippen LogP contribution is -2.41. The van der Waals surface area contributed by atoms with E-state index < -0.39 is 0 Å². The molecule has 1 saturated carbocycles. The number of nitrogens with zero attached hydrogens (tertiary/aromatic N) is 2. The molecule has 0 atom stereocenters. The van der Waals surface area contributed by atoms with Gasteiger partial charge in [0.25, 0.3) is 0 Å². The van der Waals surface area contributed by atoms with E-state index in [9.17, 15) is 4.79 Å². The average Bonchev–Trinajstić information content (AvgIpc) is 2.41. The Labute approximate surface area is 130 Å². The molecule has 1 rings (SSSR count). The minimum absolute atomic E-state index is 0.182. The van der Waals surface area contributed by atoms with Gasteiger partial charge in [0.1, 0.15) is 0 Å². The van der Waals surface area contributed by atoms with Gasteiger partial charge in [0.15, 0.2) is 0 Å². The van der Waals surface area contributed by atoms with Gasteiger partial charge in [0.05, 0.1) is 12.5 Å². The topological polar surface area (TPSA) is 44.1 Å². The third-order valence-electron chi connectivity index (χ3n) is 4.69. The molecule has 0 bridgehead atoms. The second-order valence-corrected chi connectivity index (χ2v) is 8.00. The van der Waals surface area contributed by atoms with Crippen molar-refractivity contribution in [1.29, 1.82) is 5.26 Å². The molecule has 1 aliphatic carbocycles. The summed E-state index contributed by atoms with van der Waals surface area (Å²) in [7, 11) is 0. The minimum Gasteiger partial charge on any atom is -0.341 e. The fourth-order valence-electron chi connectivity index (χ4n) is 3.38. The molecule has 0 aliphatic heterocycles. The lowest BCUT2D eigenvalue weighted by Gasteiger charge is -2.38. The van der Waals surface area contributed by atoms with Crippen LogP contribution in [0, 0.1) is 34.5 Å². The molecule has 3 heteroatoms. The summed E-state index contributed by atoms with van der Waals surface area (Å²) in [5, 5.41) is 8.78. The van der Waals surface area contributed by atoms with Gasteiger partial charge in [-0.25, -0.2) is 0 Å². The zero-order valence-corrected chi connectivity index (χ0v) is 14.5. The quantitative estimate of drug-likeness (QED) is 0.761. The van der Waals surface area contributed by atoms with Crippen LogP contribution in [0.25, 0.3) is 0 Å². The second-order valence-electron chi connectivity index (χ2n) is 8.00. The van der Waals surface area contributed by atoms with Crippen LogP contribution in [0.15, 0.2) is 0 Å². The Bertz CT molecular complexity index is 368. The standard InChI is InChI=1S/C18H32N2O/c1-14(2)13-20(12-6-11-19)17(21)15-7-9-16(10-8-15)18(3,4)5/h14-16H,6-10,12-13H2,1-5H3. The van der Waals surface area contributed by atoms with Gasteiger partial charge >= 0.3 is 0 Å². The van der Waals surface area contributed by atoms with E-state index in [2.05, 4.69) is 40.7 Å². The van der Waals surface area contributed by atoms with Crippen LogP contribution in [-0.4, -0.2) is 23.9 Å². The van der Waals surface area contributed by atoms with Crippen molar-refractivity contribution < 1.29 is 4.79 Å². The number of nitriles is 1. The molecule has 0 unspecified atom stereocenters. The van der Waals surface area contributed by atoms with Gasteiger partial charge in [-0.1, -0.05) is 34.6 Å². The van der Waals surface area contributed by atoms with E-state index in [0.29, 0.717) is 24.3 Å². The molecule has 120 valence electrons. The van der Waals surface area contributed by atoms with Crippen LogP contribution in [0.1, 0.15) is 66.7 Å².